The van der Waals surface area contributed by atoms with Crippen LogP contribution in [0.25, 0.3) is 0 Å². The summed E-state index contributed by atoms with van der Waals surface area (Å²) in [7, 11) is 0. The number of rotatable bonds is 6. The monoisotopic (exact) mass is 232 g/mol. The van der Waals surface area contributed by atoms with Crippen molar-refractivity contribution in [1.29, 1.82) is 0 Å². The van der Waals surface area contributed by atoms with Gasteiger partial charge in [-0.05, 0) is 25.7 Å². The zero-order valence-corrected chi connectivity index (χ0v) is 9.94. The van der Waals surface area contributed by atoms with E-state index in [0.29, 0.717) is 0 Å². The van der Waals surface area contributed by atoms with Gasteiger partial charge in [-0.3, -0.25) is 9.05 Å². The summed E-state index contributed by atoms with van der Waals surface area (Å²) >= 11 is 5.06. The molecule has 0 aliphatic rings. The van der Waals surface area contributed by atoms with Gasteiger partial charge in [0, 0.05) is 0 Å². The van der Waals surface area contributed by atoms with E-state index < -0.39 is 6.72 Å². The molecule has 0 atom stereocenters. The lowest BCUT2D eigenvalue weighted by Gasteiger charge is -2.21. The van der Waals surface area contributed by atoms with Crippen molar-refractivity contribution in [3.8, 4) is 24.7 Å². The van der Waals surface area contributed by atoms with E-state index in [1.165, 1.54) is 0 Å². The van der Waals surface area contributed by atoms with E-state index >= 15 is 0 Å². The smallest absolute Gasteiger partial charge is 0.306 e. The van der Waals surface area contributed by atoms with Crippen LogP contribution in [0.15, 0.2) is 0 Å². The Morgan fingerprint density at radius 3 is 1.93 bits per heavy atom. The van der Waals surface area contributed by atoms with Crippen molar-refractivity contribution >= 4 is 18.5 Å². The molecule has 5 heteroatoms. The molecular formula is C9H13O3PS. The SMILES string of the molecule is C#CCOP(=S)(OCC#C)OC(C)C. The number of terminal acetylenes is 2. The van der Waals surface area contributed by atoms with Gasteiger partial charge in [-0.1, -0.05) is 11.8 Å². The van der Waals surface area contributed by atoms with Gasteiger partial charge >= 0.3 is 6.72 Å². The Kier molecular flexibility index (Phi) is 6.83. The lowest BCUT2D eigenvalue weighted by Crippen LogP contribution is -2.06. The molecule has 0 saturated heterocycles. The number of hydrogen-bond acceptors (Lipinski definition) is 4. The van der Waals surface area contributed by atoms with Crippen LogP contribution in [0, 0.1) is 24.7 Å². The van der Waals surface area contributed by atoms with Crippen LogP contribution in [0.2, 0.25) is 0 Å². The third-order valence-electron chi connectivity index (χ3n) is 0.952. The van der Waals surface area contributed by atoms with E-state index in [1.807, 2.05) is 13.8 Å². The van der Waals surface area contributed by atoms with Gasteiger partial charge in [0.25, 0.3) is 0 Å². The second-order valence-electron chi connectivity index (χ2n) is 2.56. The fourth-order valence-corrected chi connectivity index (χ4v) is 2.60. The van der Waals surface area contributed by atoms with Gasteiger partial charge in [-0.15, -0.1) is 12.8 Å². The summed E-state index contributed by atoms with van der Waals surface area (Å²) in [6.45, 7) is 1.03. The maximum absolute atomic E-state index is 5.33. The summed E-state index contributed by atoms with van der Waals surface area (Å²) in [5, 5.41) is 0. The van der Waals surface area contributed by atoms with Gasteiger partial charge in [-0.2, -0.15) is 0 Å². The van der Waals surface area contributed by atoms with Crippen LogP contribution in [-0.2, 0) is 25.4 Å². The minimum absolute atomic E-state index is 0.0641. The molecule has 0 radical (unpaired) electrons. The van der Waals surface area contributed by atoms with E-state index in [1.54, 1.807) is 0 Å². The summed E-state index contributed by atoms with van der Waals surface area (Å²) in [4.78, 5) is 0. The molecule has 0 amide bonds. The maximum atomic E-state index is 5.33. The molecule has 0 aromatic rings. The Balaban J connectivity index is 4.28. The third kappa shape index (κ3) is 6.16. The van der Waals surface area contributed by atoms with Gasteiger partial charge in [-0.25, -0.2) is 0 Å². The van der Waals surface area contributed by atoms with Crippen LogP contribution in [0.4, 0.5) is 0 Å². The molecule has 3 nitrogen and oxygen atoms in total. The van der Waals surface area contributed by atoms with Crippen LogP contribution < -0.4 is 0 Å². The molecule has 0 rings (SSSR count). The molecule has 0 spiro atoms. The first-order chi connectivity index (χ1) is 6.54. The lowest BCUT2D eigenvalue weighted by molar-refractivity contribution is 0.149. The third-order valence-corrected chi connectivity index (χ3v) is 3.41. The van der Waals surface area contributed by atoms with Crippen molar-refractivity contribution in [1.82, 2.24) is 0 Å². The molecule has 0 unspecified atom stereocenters. The molecule has 0 fully saturated rings. The van der Waals surface area contributed by atoms with E-state index in [2.05, 4.69) is 11.8 Å². The molecule has 0 aromatic heterocycles. The predicted octanol–water partition coefficient (Wildman–Crippen LogP) is 1.94. The average Bonchev–Trinajstić information content (AvgIpc) is 2.11. The van der Waals surface area contributed by atoms with Crippen molar-refractivity contribution < 1.29 is 13.6 Å². The lowest BCUT2D eigenvalue weighted by atomic mass is 10.5. The van der Waals surface area contributed by atoms with Crippen molar-refractivity contribution in [2.75, 3.05) is 13.2 Å². The average molecular weight is 232 g/mol. The highest BCUT2D eigenvalue weighted by molar-refractivity contribution is 8.07. The van der Waals surface area contributed by atoms with Crippen molar-refractivity contribution in [2.45, 2.75) is 20.0 Å². The Bertz CT molecular complexity index is 265. The van der Waals surface area contributed by atoms with E-state index in [4.69, 9.17) is 38.2 Å². The summed E-state index contributed by atoms with van der Waals surface area (Å²) in [5.74, 6) is 4.60. The Hall–Kier alpha value is -0.350. The van der Waals surface area contributed by atoms with Crippen LogP contribution in [-0.4, -0.2) is 19.3 Å². The fraction of sp³-hybridized carbons (Fsp3) is 0.556. The van der Waals surface area contributed by atoms with Crippen LogP contribution in [0.3, 0.4) is 0 Å². The highest BCUT2D eigenvalue weighted by Gasteiger charge is 2.21. The summed E-state index contributed by atoms with van der Waals surface area (Å²) in [5.41, 5.74) is 0. The molecule has 0 heterocycles. The maximum Gasteiger partial charge on any atom is 0.329 e. The van der Waals surface area contributed by atoms with Gasteiger partial charge in [0.1, 0.15) is 13.2 Å². The topological polar surface area (TPSA) is 27.7 Å². The highest BCUT2D eigenvalue weighted by atomic mass is 32.5. The van der Waals surface area contributed by atoms with Gasteiger partial charge < -0.3 is 4.52 Å². The Morgan fingerprint density at radius 2 is 1.64 bits per heavy atom. The van der Waals surface area contributed by atoms with Crippen molar-refractivity contribution in [3.05, 3.63) is 0 Å². The first kappa shape index (κ1) is 13.7. The Morgan fingerprint density at radius 1 is 1.21 bits per heavy atom. The van der Waals surface area contributed by atoms with Crippen LogP contribution in [0.5, 0.6) is 0 Å². The van der Waals surface area contributed by atoms with Crippen LogP contribution in [0.1, 0.15) is 13.8 Å². The number of hydrogen-bond donors (Lipinski definition) is 0. The summed E-state index contributed by atoms with van der Waals surface area (Å²) in [6.07, 6.45) is 9.99. The van der Waals surface area contributed by atoms with E-state index in [-0.39, 0.29) is 19.3 Å². The predicted molar refractivity (Wildman–Crippen MR) is 60.1 cm³/mol. The molecule has 0 aromatic carbocycles. The zero-order chi connectivity index (χ0) is 11.0. The molecule has 14 heavy (non-hydrogen) atoms. The molecule has 0 N–H and O–H groups in total. The van der Waals surface area contributed by atoms with Crippen LogP contribution >= 0.6 is 6.72 Å². The van der Waals surface area contributed by atoms with Gasteiger partial charge in [0.05, 0.1) is 6.10 Å². The molecule has 0 saturated carbocycles. The van der Waals surface area contributed by atoms with Gasteiger partial charge in [0.2, 0.25) is 0 Å². The summed E-state index contributed by atoms with van der Waals surface area (Å²) in [6, 6.07) is 0. The normalized spacial score (nSPS) is 10.9. The molecule has 0 aliphatic carbocycles. The first-order valence-electron chi connectivity index (χ1n) is 3.98. The van der Waals surface area contributed by atoms with Crippen molar-refractivity contribution in [3.63, 3.8) is 0 Å². The quantitative estimate of drug-likeness (QED) is 0.516. The fourth-order valence-electron chi connectivity index (χ4n) is 0.589. The standard InChI is InChI=1S/C9H13O3PS/c1-5-7-10-13(14,11-8-6-2)12-9(3)4/h1-2,9H,7-8H2,3-4H3. The van der Waals surface area contributed by atoms with Gasteiger partial charge in [0.15, 0.2) is 0 Å². The molecular weight excluding hydrogens is 219 g/mol. The summed E-state index contributed by atoms with van der Waals surface area (Å²) < 4.78 is 15.6. The minimum atomic E-state index is -2.76. The van der Waals surface area contributed by atoms with Crippen molar-refractivity contribution in [2.24, 2.45) is 0 Å². The Labute approximate surface area is 90.4 Å². The second-order valence-corrected chi connectivity index (χ2v) is 5.52. The minimum Gasteiger partial charge on any atom is -0.306 e. The first-order valence-corrected chi connectivity index (χ1v) is 6.54. The second kappa shape index (κ2) is 7.01. The molecule has 0 bridgehead atoms. The highest BCUT2D eigenvalue weighted by Crippen LogP contribution is 2.50. The molecule has 78 valence electrons. The molecule has 0 aliphatic heterocycles. The van der Waals surface area contributed by atoms with E-state index in [9.17, 15) is 0 Å². The van der Waals surface area contributed by atoms with E-state index in [0.717, 1.165) is 0 Å². The largest absolute Gasteiger partial charge is 0.329 e. The zero-order valence-electron chi connectivity index (χ0n) is 8.23.